The molecule has 0 radical (unpaired) electrons. The highest BCUT2D eigenvalue weighted by molar-refractivity contribution is 7.89. The topological polar surface area (TPSA) is 122 Å². The third-order valence-electron chi connectivity index (χ3n) is 2.93. The second-order valence-corrected chi connectivity index (χ2v) is 6.66. The molecule has 2 aromatic rings. The van der Waals surface area contributed by atoms with E-state index in [-0.39, 0.29) is 41.0 Å². The molecule has 124 valence electrons. The van der Waals surface area contributed by atoms with Crippen molar-refractivity contribution < 1.29 is 23.4 Å². The van der Waals surface area contributed by atoms with Gasteiger partial charge in [-0.2, -0.15) is 0 Å². The Balaban J connectivity index is 2.43. The molecular weight excluding hydrogens is 320 g/mol. The first-order chi connectivity index (χ1) is 10.8. The average Bonchev–Trinajstić information content (AvgIpc) is 2.46. The van der Waals surface area contributed by atoms with Gasteiger partial charge in [0, 0.05) is 31.3 Å². The van der Waals surface area contributed by atoms with Crippen LogP contribution in [0.25, 0.3) is 0 Å². The Morgan fingerprint density at radius 2 is 1.78 bits per heavy atom. The Hall–Kier alpha value is -2.29. The Morgan fingerprint density at radius 1 is 1.13 bits per heavy atom. The minimum Gasteiger partial charge on any atom is -0.508 e. The van der Waals surface area contributed by atoms with Gasteiger partial charge in [-0.25, -0.2) is 13.1 Å². The molecule has 0 aliphatic rings. The molecule has 0 aliphatic carbocycles. The van der Waals surface area contributed by atoms with Crippen molar-refractivity contribution in [2.24, 2.45) is 5.73 Å². The summed E-state index contributed by atoms with van der Waals surface area (Å²) in [6, 6.07) is 8.35. The first-order valence-corrected chi connectivity index (χ1v) is 8.31. The molecule has 7 nitrogen and oxygen atoms in total. The van der Waals surface area contributed by atoms with Gasteiger partial charge < -0.3 is 20.7 Å². The zero-order valence-electron chi connectivity index (χ0n) is 12.5. The summed E-state index contributed by atoms with van der Waals surface area (Å²) in [5.74, 6) is -0.206. The van der Waals surface area contributed by atoms with Gasteiger partial charge in [-0.1, -0.05) is 6.07 Å². The highest BCUT2D eigenvalue weighted by atomic mass is 32.2. The van der Waals surface area contributed by atoms with Crippen LogP contribution in [0.3, 0.4) is 0 Å². The maximum Gasteiger partial charge on any atom is 0.244 e. The van der Waals surface area contributed by atoms with E-state index in [4.69, 9.17) is 10.5 Å². The Morgan fingerprint density at radius 3 is 2.39 bits per heavy atom. The van der Waals surface area contributed by atoms with E-state index in [9.17, 15) is 18.6 Å². The number of nitrogens with two attached hydrogens (primary N) is 1. The molecule has 23 heavy (non-hydrogen) atoms. The summed E-state index contributed by atoms with van der Waals surface area (Å²) >= 11 is 0. The van der Waals surface area contributed by atoms with E-state index in [1.165, 1.54) is 24.3 Å². The second kappa shape index (κ2) is 6.86. The number of aromatic hydroxyl groups is 2. The summed E-state index contributed by atoms with van der Waals surface area (Å²) in [5.41, 5.74) is 6.06. The third kappa shape index (κ3) is 4.35. The SMILES string of the molecule is Cc1ccc(Oc2cc(O)cc(O)c2)c(S(=O)(=O)NCCN)c1. The van der Waals surface area contributed by atoms with E-state index in [2.05, 4.69) is 4.72 Å². The number of sulfonamides is 1. The fourth-order valence-corrected chi connectivity index (χ4v) is 3.19. The zero-order valence-corrected chi connectivity index (χ0v) is 13.3. The molecule has 0 atom stereocenters. The smallest absolute Gasteiger partial charge is 0.244 e. The first kappa shape index (κ1) is 17.1. The molecular formula is C15H18N2O5S. The number of hydrogen-bond donors (Lipinski definition) is 4. The Bertz CT molecular complexity index is 785. The minimum absolute atomic E-state index is 0.0474. The average molecular weight is 338 g/mol. The van der Waals surface area contributed by atoms with Gasteiger partial charge in [-0.15, -0.1) is 0 Å². The molecule has 0 heterocycles. The van der Waals surface area contributed by atoms with E-state index in [0.717, 1.165) is 11.6 Å². The van der Waals surface area contributed by atoms with E-state index in [0.29, 0.717) is 0 Å². The standard InChI is InChI=1S/C15H18N2O5S/c1-10-2-3-14(15(6-10)23(20,21)17-5-4-16)22-13-8-11(18)7-12(19)9-13/h2-3,6-9,17-19H,4-5,16H2,1H3. The number of phenolic OH excluding ortho intramolecular Hbond substituents is 2. The molecule has 8 heteroatoms. The Kier molecular flexibility index (Phi) is 5.09. The van der Waals surface area contributed by atoms with E-state index < -0.39 is 10.0 Å². The number of ether oxygens (including phenoxy) is 1. The molecule has 0 saturated carbocycles. The molecule has 2 aromatic carbocycles. The van der Waals surface area contributed by atoms with Crippen molar-refractivity contribution in [3.63, 3.8) is 0 Å². The lowest BCUT2D eigenvalue weighted by molar-refractivity contribution is 0.427. The van der Waals surface area contributed by atoms with Gasteiger partial charge in [-0.3, -0.25) is 0 Å². The number of nitrogens with one attached hydrogen (secondary N) is 1. The van der Waals surface area contributed by atoms with Crippen molar-refractivity contribution in [2.45, 2.75) is 11.8 Å². The van der Waals surface area contributed by atoms with Crippen LogP contribution in [0.15, 0.2) is 41.3 Å². The van der Waals surface area contributed by atoms with Crippen molar-refractivity contribution in [3.05, 3.63) is 42.0 Å². The quantitative estimate of drug-likeness (QED) is 0.632. The third-order valence-corrected chi connectivity index (χ3v) is 4.41. The highest BCUT2D eigenvalue weighted by Crippen LogP contribution is 2.33. The summed E-state index contributed by atoms with van der Waals surface area (Å²) in [4.78, 5) is -0.0474. The molecule has 2 rings (SSSR count). The highest BCUT2D eigenvalue weighted by Gasteiger charge is 2.20. The predicted molar refractivity (Wildman–Crippen MR) is 85.3 cm³/mol. The summed E-state index contributed by atoms with van der Waals surface area (Å²) in [7, 11) is -3.80. The van der Waals surface area contributed by atoms with Gasteiger partial charge in [0.15, 0.2) is 0 Å². The number of hydrogen-bond acceptors (Lipinski definition) is 6. The first-order valence-electron chi connectivity index (χ1n) is 6.83. The summed E-state index contributed by atoms with van der Waals surface area (Å²) in [5, 5.41) is 19.0. The van der Waals surface area contributed by atoms with Crippen LogP contribution in [-0.4, -0.2) is 31.7 Å². The second-order valence-electron chi connectivity index (χ2n) is 4.92. The van der Waals surface area contributed by atoms with Crippen LogP contribution in [0.2, 0.25) is 0 Å². The molecule has 0 bridgehead atoms. The molecule has 0 spiro atoms. The molecule has 0 unspecified atom stereocenters. The summed E-state index contributed by atoms with van der Waals surface area (Å²) in [6.07, 6.45) is 0. The molecule has 0 saturated heterocycles. The minimum atomic E-state index is -3.80. The lowest BCUT2D eigenvalue weighted by atomic mass is 10.2. The molecule has 0 aromatic heterocycles. The monoisotopic (exact) mass is 338 g/mol. The van der Waals surface area contributed by atoms with Gasteiger partial charge in [0.1, 0.15) is 27.9 Å². The maximum absolute atomic E-state index is 12.3. The Labute approximate surface area is 134 Å². The van der Waals surface area contributed by atoms with E-state index in [1.807, 2.05) is 0 Å². The summed E-state index contributed by atoms with van der Waals surface area (Å²) < 4.78 is 32.6. The van der Waals surface area contributed by atoms with Gasteiger partial charge in [-0.05, 0) is 24.6 Å². The van der Waals surface area contributed by atoms with Gasteiger partial charge in [0.25, 0.3) is 0 Å². The number of aryl methyl sites for hydroxylation is 1. The van der Waals surface area contributed by atoms with E-state index in [1.54, 1.807) is 13.0 Å². The molecule has 0 aliphatic heterocycles. The molecule has 5 N–H and O–H groups in total. The fourth-order valence-electron chi connectivity index (χ4n) is 1.93. The van der Waals surface area contributed by atoms with Crippen molar-refractivity contribution in [2.75, 3.05) is 13.1 Å². The maximum atomic E-state index is 12.3. The normalized spacial score (nSPS) is 11.4. The summed E-state index contributed by atoms with van der Waals surface area (Å²) in [6.45, 7) is 2.02. The van der Waals surface area contributed by atoms with E-state index >= 15 is 0 Å². The fraction of sp³-hybridized carbons (Fsp3) is 0.200. The van der Waals surface area contributed by atoms with Crippen molar-refractivity contribution in [1.82, 2.24) is 4.72 Å². The molecule has 0 fully saturated rings. The van der Waals surface area contributed by atoms with Crippen LogP contribution in [-0.2, 0) is 10.0 Å². The van der Waals surface area contributed by atoms with Crippen LogP contribution < -0.4 is 15.2 Å². The van der Waals surface area contributed by atoms with Crippen LogP contribution in [0, 0.1) is 6.92 Å². The van der Waals surface area contributed by atoms with Crippen LogP contribution in [0.1, 0.15) is 5.56 Å². The largest absolute Gasteiger partial charge is 0.508 e. The van der Waals surface area contributed by atoms with Crippen molar-refractivity contribution >= 4 is 10.0 Å². The van der Waals surface area contributed by atoms with Gasteiger partial charge in [0.2, 0.25) is 10.0 Å². The van der Waals surface area contributed by atoms with Gasteiger partial charge in [0.05, 0.1) is 0 Å². The number of phenols is 2. The lowest BCUT2D eigenvalue weighted by Crippen LogP contribution is -2.29. The predicted octanol–water partition coefficient (Wildman–Crippen LogP) is 1.44. The van der Waals surface area contributed by atoms with Crippen molar-refractivity contribution in [1.29, 1.82) is 0 Å². The van der Waals surface area contributed by atoms with Crippen LogP contribution >= 0.6 is 0 Å². The number of rotatable bonds is 6. The van der Waals surface area contributed by atoms with Crippen LogP contribution in [0.5, 0.6) is 23.0 Å². The van der Waals surface area contributed by atoms with Crippen LogP contribution in [0.4, 0.5) is 0 Å². The van der Waals surface area contributed by atoms with Gasteiger partial charge >= 0.3 is 0 Å². The number of benzene rings is 2. The lowest BCUT2D eigenvalue weighted by Gasteiger charge is -2.13. The van der Waals surface area contributed by atoms with Crippen molar-refractivity contribution in [3.8, 4) is 23.0 Å². The molecule has 0 amide bonds. The zero-order chi connectivity index (χ0) is 17.0.